The van der Waals surface area contributed by atoms with Crippen LogP contribution in [-0.2, 0) is 19.2 Å². The van der Waals surface area contributed by atoms with E-state index in [1.165, 1.54) is 0 Å². The van der Waals surface area contributed by atoms with Crippen LogP contribution in [0.2, 0.25) is 0 Å². The lowest BCUT2D eigenvalue weighted by Gasteiger charge is -2.47. The van der Waals surface area contributed by atoms with Gasteiger partial charge >= 0.3 is 0 Å². The highest BCUT2D eigenvalue weighted by molar-refractivity contribution is 6.29. The molecule has 0 N–H and O–H groups in total. The molecule has 0 aromatic heterocycles. The van der Waals surface area contributed by atoms with Crippen molar-refractivity contribution in [3.8, 4) is 0 Å². The molecule has 0 radical (unpaired) electrons. The standard InChI is InChI=1S/C17H24O4/c1-15(2)12(19)11(13(20)16(3,4)14(15)21)17(10-18)8-6-5-7-9-17/h10-11H,5-9H2,1-4H3. The Morgan fingerprint density at radius 2 is 1.29 bits per heavy atom. The third-order valence-corrected chi connectivity index (χ3v) is 5.49. The molecule has 116 valence electrons. The van der Waals surface area contributed by atoms with E-state index in [1.807, 2.05) is 0 Å². The Bertz CT molecular complexity index is 477. The van der Waals surface area contributed by atoms with Gasteiger partial charge < -0.3 is 4.79 Å². The molecule has 0 bridgehead atoms. The first kappa shape index (κ1) is 16.1. The normalized spacial score (nSPS) is 28.5. The topological polar surface area (TPSA) is 68.3 Å². The molecule has 0 unspecified atom stereocenters. The number of rotatable bonds is 2. The van der Waals surface area contributed by atoms with E-state index in [2.05, 4.69) is 0 Å². The molecule has 0 aromatic carbocycles. The van der Waals surface area contributed by atoms with Gasteiger partial charge in [0.2, 0.25) is 0 Å². The maximum Gasteiger partial charge on any atom is 0.158 e. The lowest BCUT2D eigenvalue weighted by Crippen LogP contribution is -2.62. The van der Waals surface area contributed by atoms with Crippen LogP contribution in [-0.4, -0.2) is 23.6 Å². The van der Waals surface area contributed by atoms with E-state index in [0.29, 0.717) is 12.8 Å². The van der Waals surface area contributed by atoms with Crippen molar-refractivity contribution >= 4 is 23.6 Å². The van der Waals surface area contributed by atoms with E-state index >= 15 is 0 Å². The van der Waals surface area contributed by atoms with Gasteiger partial charge in [-0.25, -0.2) is 0 Å². The summed E-state index contributed by atoms with van der Waals surface area (Å²) in [6.45, 7) is 6.33. The summed E-state index contributed by atoms with van der Waals surface area (Å²) in [5, 5.41) is 0. The van der Waals surface area contributed by atoms with E-state index in [0.717, 1.165) is 25.5 Å². The summed E-state index contributed by atoms with van der Waals surface area (Å²) in [5.41, 5.74) is -3.30. The van der Waals surface area contributed by atoms with E-state index in [-0.39, 0.29) is 17.3 Å². The molecule has 0 aromatic rings. The first-order chi connectivity index (χ1) is 9.61. The maximum atomic E-state index is 12.8. The summed E-state index contributed by atoms with van der Waals surface area (Å²) in [4.78, 5) is 49.9. The highest BCUT2D eigenvalue weighted by atomic mass is 16.2. The monoisotopic (exact) mass is 292 g/mol. The van der Waals surface area contributed by atoms with Crippen LogP contribution < -0.4 is 0 Å². The molecule has 2 fully saturated rings. The molecule has 21 heavy (non-hydrogen) atoms. The zero-order valence-corrected chi connectivity index (χ0v) is 13.3. The molecule has 2 saturated carbocycles. The molecular formula is C17H24O4. The van der Waals surface area contributed by atoms with Crippen molar-refractivity contribution in [3.05, 3.63) is 0 Å². The van der Waals surface area contributed by atoms with Crippen LogP contribution in [0, 0.1) is 22.2 Å². The summed E-state index contributed by atoms with van der Waals surface area (Å²) in [7, 11) is 0. The predicted molar refractivity (Wildman–Crippen MR) is 77.7 cm³/mol. The predicted octanol–water partition coefficient (Wildman–Crippen LogP) is 2.53. The number of hydrogen-bond donors (Lipinski definition) is 0. The van der Waals surface area contributed by atoms with Crippen molar-refractivity contribution < 1.29 is 19.2 Å². The summed E-state index contributed by atoms with van der Waals surface area (Å²) in [5.74, 6) is -2.03. The molecule has 0 heterocycles. The highest BCUT2D eigenvalue weighted by Gasteiger charge is 2.63. The Morgan fingerprint density at radius 3 is 1.67 bits per heavy atom. The van der Waals surface area contributed by atoms with Crippen LogP contribution in [0.25, 0.3) is 0 Å². The van der Waals surface area contributed by atoms with E-state index in [1.54, 1.807) is 27.7 Å². The van der Waals surface area contributed by atoms with Crippen LogP contribution in [0.15, 0.2) is 0 Å². The lowest BCUT2D eigenvalue weighted by atomic mass is 9.51. The number of carbonyl (C=O) groups is 4. The quantitative estimate of drug-likeness (QED) is 0.579. The largest absolute Gasteiger partial charge is 0.303 e. The van der Waals surface area contributed by atoms with Crippen LogP contribution in [0.5, 0.6) is 0 Å². The molecule has 2 rings (SSSR count). The van der Waals surface area contributed by atoms with Gasteiger partial charge in [-0.3, -0.25) is 14.4 Å². The van der Waals surface area contributed by atoms with Gasteiger partial charge in [0.05, 0.1) is 16.7 Å². The fourth-order valence-electron chi connectivity index (χ4n) is 4.05. The molecular weight excluding hydrogens is 268 g/mol. The summed E-state index contributed by atoms with van der Waals surface area (Å²) in [6, 6.07) is 0. The van der Waals surface area contributed by atoms with E-state index in [4.69, 9.17) is 0 Å². The van der Waals surface area contributed by atoms with Gasteiger partial charge in [0.25, 0.3) is 0 Å². The fourth-order valence-corrected chi connectivity index (χ4v) is 4.05. The average Bonchev–Trinajstić information content (AvgIpc) is 2.46. The van der Waals surface area contributed by atoms with Gasteiger partial charge in [0, 0.05) is 5.41 Å². The molecule has 0 saturated heterocycles. The Hall–Kier alpha value is -1.32. The molecule has 0 atom stereocenters. The van der Waals surface area contributed by atoms with Gasteiger partial charge in [-0.1, -0.05) is 19.3 Å². The minimum absolute atomic E-state index is 0.335. The number of ketones is 3. The Kier molecular flexibility index (Phi) is 3.71. The highest BCUT2D eigenvalue weighted by Crippen LogP contribution is 2.51. The Morgan fingerprint density at radius 1 is 0.857 bits per heavy atom. The van der Waals surface area contributed by atoms with Crippen LogP contribution >= 0.6 is 0 Å². The second-order valence-corrected chi connectivity index (χ2v) is 7.65. The molecule has 2 aliphatic carbocycles. The van der Waals surface area contributed by atoms with Gasteiger partial charge in [-0.05, 0) is 40.5 Å². The number of Topliss-reactive ketones (excluding diaryl/α,β-unsaturated/α-hetero) is 3. The third kappa shape index (κ3) is 2.11. The number of hydrogen-bond acceptors (Lipinski definition) is 4. The van der Waals surface area contributed by atoms with Crippen molar-refractivity contribution in [3.63, 3.8) is 0 Å². The molecule has 2 aliphatic rings. The second-order valence-electron chi connectivity index (χ2n) is 7.65. The van der Waals surface area contributed by atoms with Crippen molar-refractivity contribution in [1.29, 1.82) is 0 Å². The van der Waals surface area contributed by atoms with E-state index < -0.39 is 22.2 Å². The zero-order valence-electron chi connectivity index (χ0n) is 13.3. The van der Waals surface area contributed by atoms with Gasteiger partial charge in [0.15, 0.2) is 17.3 Å². The van der Waals surface area contributed by atoms with Crippen LogP contribution in [0.4, 0.5) is 0 Å². The number of carbonyl (C=O) groups excluding carboxylic acids is 4. The molecule has 4 nitrogen and oxygen atoms in total. The fraction of sp³-hybridized carbons (Fsp3) is 0.765. The molecule has 0 amide bonds. The molecule has 0 spiro atoms. The minimum atomic E-state index is -1.20. The number of aldehydes is 1. The SMILES string of the molecule is CC1(C)C(=O)C(C2(C=O)CCCCC2)C(=O)C(C)(C)C1=O. The molecule has 0 aliphatic heterocycles. The first-order valence-electron chi connectivity index (χ1n) is 7.71. The van der Waals surface area contributed by atoms with Gasteiger partial charge in [-0.2, -0.15) is 0 Å². The third-order valence-electron chi connectivity index (χ3n) is 5.49. The van der Waals surface area contributed by atoms with Gasteiger partial charge in [-0.15, -0.1) is 0 Å². The van der Waals surface area contributed by atoms with Crippen molar-refractivity contribution in [1.82, 2.24) is 0 Å². The van der Waals surface area contributed by atoms with Crippen molar-refractivity contribution in [2.24, 2.45) is 22.2 Å². The Balaban J connectivity index is 2.55. The Labute approximate surface area is 125 Å². The second kappa shape index (κ2) is 4.85. The van der Waals surface area contributed by atoms with Crippen molar-refractivity contribution in [2.75, 3.05) is 0 Å². The average molecular weight is 292 g/mol. The zero-order chi connectivity index (χ0) is 16.1. The maximum absolute atomic E-state index is 12.8. The summed E-state index contributed by atoms with van der Waals surface area (Å²) >= 11 is 0. The molecule has 4 heteroatoms. The smallest absolute Gasteiger partial charge is 0.158 e. The lowest BCUT2D eigenvalue weighted by molar-refractivity contribution is -0.166. The van der Waals surface area contributed by atoms with E-state index in [9.17, 15) is 19.2 Å². The first-order valence-corrected chi connectivity index (χ1v) is 7.71. The van der Waals surface area contributed by atoms with Gasteiger partial charge in [0.1, 0.15) is 6.29 Å². The van der Waals surface area contributed by atoms with Crippen molar-refractivity contribution in [2.45, 2.75) is 59.8 Å². The van der Waals surface area contributed by atoms with Crippen LogP contribution in [0.3, 0.4) is 0 Å². The minimum Gasteiger partial charge on any atom is -0.303 e. The summed E-state index contributed by atoms with van der Waals surface area (Å²) < 4.78 is 0. The summed E-state index contributed by atoms with van der Waals surface area (Å²) in [6.07, 6.45) is 4.68. The van der Waals surface area contributed by atoms with Crippen LogP contribution in [0.1, 0.15) is 59.8 Å².